The molecule has 0 fully saturated rings. The Hall–Kier alpha value is -1.06. The van der Waals surface area contributed by atoms with Gasteiger partial charge in [-0.2, -0.15) is 0 Å². The van der Waals surface area contributed by atoms with Crippen LogP contribution >= 0.6 is 11.6 Å². The van der Waals surface area contributed by atoms with Crippen LogP contribution in [0.25, 0.3) is 0 Å². The first-order valence-electron chi connectivity index (χ1n) is 5.16. The van der Waals surface area contributed by atoms with Gasteiger partial charge in [0, 0.05) is 30.7 Å². The van der Waals surface area contributed by atoms with Gasteiger partial charge in [0.15, 0.2) is 0 Å². The van der Waals surface area contributed by atoms with Crippen LogP contribution in [0.5, 0.6) is 0 Å². The maximum Gasteiger partial charge on any atom is 0.253 e. The molecule has 16 heavy (non-hydrogen) atoms. The van der Waals surface area contributed by atoms with Crippen LogP contribution in [0.1, 0.15) is 10.4 Å². The van der Waals surface area contributed by atoms with Gasteiger partial charge in [-0.25, -0.2) is 0 Å². The van der Waals surface area contributed by atoms with Crippen molar-refractivity contribution in [3.05, 3.63) is 34.9 Å². The van der Waals surface area contributed by atoms with Crippen molar-refractivity contribution >= 4 is 17.5 Å². The van der Waals surface area contributed by atoms with Crippen LogP contribution in [-0.4, -0.2) is 49.9 Å². The largest absolute Gasteiger partial charge is 0.340 e. The molecule has 4 heteroatoms. The molecule has 1 rings (SSSR count). The Morgan fingerprint density at radius 2 is 1.94 bits per heavy atom. The molecule has 0 saturated carbocycles. The Bertz CT molecular complexity index is 366. The molecule has 3 nitrogen and oxygen atoms in total. The van der Waals surface area contributed by atoms with Gasteiger partial charge in [0.05, 0.1) is 0 Å². The highest BCUT2D eigenvalue weighted by molar-refractivity contribution is 6.30. The lowest BCUT2D eigenvalue weighted by Gasteiger charge is -2.19. The molecule has 88 valence electrons. The monoisotopic (exact) mass is 240 g/mol. The van der Waals surface area contributed by atoms with Crippen molar-refractivity contribution in [2.24, 2.45) is 0 Å². The van der Waals surface area contributed by atoms with E-state index in [2.05, 4.69) is 0 Å². The summed E-state index contributed by atoms with van der Waals surface area (Å²) in [5.41, 5.74) is 0.633. The lowest BCUT2D eigenvalue weighted by atomic mass is 10.2. The van der Waals surface area contributed by atoms with Crippen LogP contribution < -0.4 is 0 Å². The van der Waals surface area contributed by atoms with Crippen molar-refractivity contribution in [2.75, 3.05) is 34.2 Å². The minimum Gasteiger partial charge on any atom is -0.340 e. The molecular weight excluding hydrogens is 224 g/mol. The van der Waals surface area contributed by atoms with Gasteiger partial charge in [-0.1, -0.05) is 17.7 Å². The van der Waals surface area contributed by atoms with E-state index in [4.69, 9.17) is 11.6 Å². The molecule has 0 heterocycles. The second kappa shape index (κ2) is 5.87. The third kappa shape index (κ3) is 3.83. The summed E-state index contributed by atoms with van der Waals surface area (Å²) in [6.45, 7) is 1.56. The molecule has 0 N–H and O–H groups in total. The van der Waals surface area contributed by atoms with Crippen molar-refractivity contribution in [1.29, 1.82) is 0 Å². The zero-order valence-electron chi connectivity index (χ0n) is 9.90. The molecule has 0 radical (unpaired) electrons. The number of carbonyl (C=O) groups is 1. The summed E-state index contributed by atoms with van der Waals surface area (Å²) >= 11 is 5.84. The fraction of sp³-hybridized carbons (Fsp3) is 0.417. The van der Waals surface area contributed by atoms with Crippen LogP contribution in [-0.2, 0) is 0 Å². The van der Waals surface area contributed by atoms with Gasteiger partial charge in [-0.05, 0) is 32.3 Å². The molecule has 0 saturated heterocycles. The van der Waals surface area contributed by atoms with Gasteiger partial charge >= 0.3 is 0 Å². The molecule has 0 aliphatic heterocycles. The standard InChI is InChI=1S/C12H17ClN2O/c1-14(2)7-8-15(3)12(16)10-5-4-6-11(13)9-10/h4-6,9H,7-8H2,1-3H3. The van der Waals surface area contributed by atoms with E-state index < -0.39 is 0 Å². The number of halogens is 1. The first-order valence-corrected chi connectivity index (χ1v) is 5.54. The van der Waals surface area contributed by atoms with Crippen molar-refractivity contribution in [3.63, 3.8) is 0 Å². The van der Waals surface area contributed by atoms with E-state index in [1.807, 2.05) is 19.0 Å². The molecule has 0 spiro atoms. The van der Waals surface area contributed by atoms with Gasteiger partial charge in [0.2, 0.25) is 0 Å². The van der Waals surface area contributed by atoms with Crippen molar-refractivity contribution < 1.29 is 4.79 Å². The molecular formula is C12H17ClN2O. The lowest BCUT2D eigenvalue weighted by Crippen LogP contribution is -2.33. The zero-order valence-corrected chi connectivity index (χ0v) is 10.7. The molecule has 0 aromatic heterocycles. The molecule has 1 aromatic rings. The van der Waals surface area contributed by atoms with E-state index in [1.165, 1.54) is 0 Å². The van der Waals surface area contributed by atoms with Gasteiger partial charge in [-0.15, -0.1) is 0 Å². The van der Waals surface area contributed by atoms with Crippen LogP contribution in [0.3, 0.4) is 0 Å². The minimum atomic E-state index is 0.00403. The zero-order chi connectivity index (χ0) is 12.1. The number of hydrogen-bond donors (Lipinski definition) is 0. The van der Waals surface area contributed by atoms with Crippen molar-refractivity contribution in [2.45, 2.75) is 0 Å². The highest BCUT2D eigenvalue weighted by Gasteiger charge is 2.11. The third-order valence-corrected chi connectivity index (χ3v) is 2.54. The SMILES string of the molecule is CN(C)CCN(C)C(=O)c1cccc(Cl)c1. The molecule has 0 aliphatic rings. The van der Waals surface area contributed by atoms with E-state index in [-0.39, 0.29) is 5.91 Å². The van der Waals surface area contributed by atoms with Crippen molar-refractivity contribution in [1.82, 2.24) is 9.80 Å². The Morgan fingerprint density at radius 1 is 1.25 bits per heavy atom. The Balaban J connectivity index is 2.63. The topological polar surface area (TPSA) is 23.6 Å². The van der Waals surface area contributed by atoms with E-state index >= 15 is 0 Å². The second-order valence-corrected chi connectivity index (χ2v) is 4.48. The number of benzene rings is 1. The fourth-order valence-electron chi connectivity index (χ4n) is 1.29. The minimum absolute atomic E-state index is 0.00403. The smallest absolute Gasteiger partial charge is 0.253 e. The Morgan fingerprint density at radius 3 is 2.50 bits per heavy atom. The number of nitrogens with zero attached hydrogens (tertiary/aromatic N) is 2. The van der Waals surface area contributed by atoms with E-state index in [1.54, 1.807) is 36.2 Å². The highest BCUT2D eigenvalue weighted by Crippen LogP contribution is 2.12. The molecule has 0 unspecified atom stereocenters. The molecule has 0 bridgehead atoms. The first-order chi connectivity index (χ1) is 7.50. The summed E-state index contributed by atoms with van der Waals surface area (Å²) in [4.78, 5) is 15.7. The maximum absolute atomic E-state index is 12.0. The maximum atomic E-state index is 12.0. The van der Waals surface area contributed by atoms with Crippen LogP contribution in [0.15, 0.2) is 24.3 Å². The molecule has 1 amide bonds. The fourth-order valence-corrected chi connectivity index (χ4v) is 1.48. The molecule has 1 aromatic carbocycles. The number of carbonyl (C=O) groups excluding carboxylic acids is 1. The second-order valence-electron chi connectivity index (χ2n) is 4.04. The predicted molar refractivity (Wildman–Crippen MR) is 67.0 cm³/mol. The predicted octanol–water partition coefficient (Wildman–Crippen LogP) is 1.97. The molecule has 0 atom stereocenters. The Labute approximate surface area is 102 Å². The molecule has 0 aliphatic carbocycles. The van der Waals surface area contributed by atoms with Gasteiger partial charge in [0.25, 0.3) is 5.91 Å². The highest BCUT2D eigenvalue weighted by atomic mass is 35.5. The van der Waals surface area contributed by atoms with E-state index in [0.717, 1.165) is 6.54 Å². The normalized spacial score (nSPS) is 10.6. The summed E-state index contributed by atoms with van der Waals surface area (Å²) in [5, 5.41) is 0.590. The third-order valence-electron chi connectivity index (χ3n) is 2.30. The quantitative estimate of drug-likeness (QED) is 0.804. The van der Waals surface area contributed by atoms with E-state index in [9.17, 15) is 4.79 Å². The van der Waals surface area contributed by atoms with Gasteiger partial charge in [-0.3, -0.25) is 4.79 Å². The average molecular weight is 241 g/mol. The number of hydrogen-bond acceptors (Lipinski definition) is 2. The summed E-state index contributed by atoms with van der Waals surface area (Å²) in [7, 11) is 5.77. The van der Waals surface area contributed by atoms with Crippen molar-refractivity contribution in [3.8, 4) is 0 Å². The summed E-state index contributed by atoms with van der Waals surface area (Å²) < 4.78 is 0. The van der Waals surface area contributed by atoms with Crippen LogP contribution in [0.2, 0.25) is 5.02 Å². The summed E-state index contributed by atoms with van der Waals surface area (Å²) in [6.07, 6.45) is 0. The number of amides is 1. The van der Waals surface area contributed by atoms with Gasteiger partial charge in [0.1, 0.15) is 0 Å². The Kier molecular flexibility index (Phi) is 4.77. The summed E-state index contributed by atoms with van der Waals surface area (Å²) in [6, 6.07) is 7.02. The number of rotatable bonds is 4. The first kappa shape index (κ1) is 13.0. The van der Waals surface area contributed by atoms with Crippen LogP contribution in [0.4, 0.5) is 0 Å². The number of likely N-dealkylation sites (N-methyl/N-ethyl adjacent to an activating group) is 2. The van der Waals surface area contributed by atoms with Gasteiger partial charge < -0.3 is 9.80 Å². The average Bonchev–Trinajstić information content (AvgIpc) is 2.24. The van der Waals surface area contributed by atoms with E-state index in [0.29, 0.717) is 17.1 Å². The lowest BCUT2D eigenvalue weighted by molar-refractivity contribution is 0.0786. The summed E-state index contributed by atoms with van der Waals surface area (Å²) in [5.74, 6) is 0.00403. The van der Waals surface area contributed by atoms with Crippen LogP contribution in [0, 0.1) is 0 Å².